The van der Waals surface area contributed by atoms with Gasteiger partial charge in [0.1, 0.15) is 11.4 Å². The number of nitrogens with one attached hydrogen (secondary N) is 2. The largest absolute Gasteiger partial charge is 0.416 e. The zero-order valence-corrected chi connectivity index (χ0v) is 19.3. The summed E-state index contributed by atoms with van der Waals surface area (Å²) in [6, 6.07) is 22.0. The predicted molar refractivity (Wildman–Crippen MR) is 130 cm³/mol. The maximum Gasteiger partial charge on any atom is 0.416 e. The van der Waals surface area contributed by atoms with Crippen LogP contribution in [-0.4, -0.2) is 11.0 Å². The predicted octanol–water partition coefficient (Wildman–Crippen LogP) is 6.86. The lowest BCUT2D eigenvalue weighted by Crippen LogP contribution is -2.50. The van der Waals surface area contributed by atoms with Crippen molar-refractivity contribution in [3.8, 4) is 0 Å². The highest BCUT2D eigenvalue weighted by Crippen LogP contribution is 2.37. The van der Waals surface area contributed by atoms with Crippen LogP contribution in [0.3, 0.4) is 0 Å². The lowest BCUT2D eigenvalue weighted by Gasteiger charge is -2.36. The van der Waals surface area contributed by atoms with E-state index < -0.39 is 29.1 Å². The Kier molecular flexibility index (Phi) is 7.05. The third-order valence-corrected chi connectivity index (χ3v) is 5.76. The number of aromatic nitrogens is 1. The van der Waals surface area contributed by atoms with Gasteiger partial charge in [-0.05, 0) is 66.1 Å². The number of nitrogens with zero attached hydrogens (tertiary/aromatic N) is 1. The highest BCUT2D eigenvalue weighted by molar-refractivity contribution is 5.90. The second-order valence-corrected chi connectivity index (χ2v) is 8.45. The minimum atomic E-state index is -4.58. The van der Waals surface area contributed by atoms with Gasteiger partial charge in [0.2, 0.25) is 0 Å². The summed E-state index contributed by atoms with van der Waals surface area (Å²) in [4.78, 5) is 17.7. The Labute approximate surface area is 206 Å². The van der Waals surface area contributed by atoms with Crippen molar-refractivity contribution < 1.29 is 22.4 Å². The van der Waals surface area contributed by atoms with Gasteiger partial charge in [0, 0.05) is 18.3 Å². The summed E-state index contributed by atoms with van der Waals surface area (Å²) in [6.07, 6.45) is -2.93. The normalized spacial score (nSPS) is 13.0. The topological polar surface area (TPSA) is 54.0 Å². The molecule has 1 atom stereocenters. The van der Waals surface area contributed by atoms with Gasteiger partial charge < -0.3 is 10.6 Å². The quantitative estimate of drug-likeness (QED) is 0.289. The molecule has 0 saturated heterocycles. The first-order valence-electron chi connectivity index (χ1n) is 11.2. The smallest absolute Gasteiger partial charge is 0.322 e. The number of rotatable bonds is 6. The summed E-state index contributed by atoms with van der Waals surface area (Å²) in [5.41, 5.74) is 0.0148. The number of benzene rings is 3. The molecule has 4 nitrogen and oxygen atoms in total. The average molecular weight is 494 g/mol. The molecule has 0 aliphatic heterocycles. The zero-order chi connectivity index (χ0) is 25.8. The van der Waals surface area contributed by atoms with Gasteiger partial charge in [-0.25, -0.2) is 9.18 Å². The van der Waals surface area contributed by atoms with Crippen LogP contribution < -0.4 is 10.6 Å². The first-order chi connectivity index (χ1) is 17.2. The third kappa shape index (κ3) is 5.71. The molecular weight excluding hydrogens is 470 g/mol. The Bertz CT molecular complexity index is 1360. The Balaban J connectivity index is 1.88. The van der Waals surface area contributed by atoms with Crippen molar-refractivity contribution in [3.05, 3.63) is 131 Å². The lowest BCUT2D eigenvalue weighted by molar-refractivity contribution is -0.137. The lowest BCUT2D eigenvalue weighted by atomic mass is 9.79. The molecule has 0 spiro atoms. The van der Waals surface area contributed by atoms with E-state index in [1.54, 1.807) is 18.3 Å². The highest BCUT2D eigenvalue weighted by atomic mass is 19.4. The van der Waals surface area contributed by atoms with Crippen LogP contribution in [0.5, 0.6) is 0 Å². The molecule has 0 saturated carbocycles. The molecule has 1 heterocycles. The fourth-order valence-corrected chi connectivity index (χ4v) is 4.08. The van der Waals surface area contributed by atoms with E-state index in [0.29, 0.717) is 5.69 Å². The summed E-state index contributed by atoms with van der Waals surface area (Å²) in [5.74, 6) is -0.540. The van der Waals surface area contributed by atoms with Crippen molar-refractivity contribution in [2.45, 2.75) is 25.1 Å². The SMILES string of the molecule is Cc1ccnc(C(Cc2ccccc2)(NC(=O)Nc2cccc(F)c2)c2cccc(C(F)(F)F)c2)c1. The standard InChI is InChI=1S/C28H23F4N3O/c1-19-13-14-33-25(15-19)27(18-20-7-3-2-4-8-20,21-9-5-10-22(16-21)28(30,31)32)35-26(36)34-24-12-6-11-23(29)17-24/h2-17H,18H2,1H3,(H2,34,35,36). The molecule has 0 aliphatic carbocycles. The maximum absolute atomic E-state index is 13.7. The van der Waals surface area contributed by atoms with Crippen molar-refractivity contribution in [3.63, 3.8) is 0 Å². The summed E-state index contributed by atoms with van der Waals surface area (Å²) in [6.45, 7) is 1.83. The maximum atomic E-state index is 13.7. The molecule has 4 rings (SSSR count). The van der Waals surface area contributed by atoms with E-state index in [0.717, 1.165) is 29.3 Å². The van der Waals surface area contributed by atoms with Crippen molar-refractivity contribution >= 4 is 11.7 Å². The molecule has 0 bridgehead atoms. The zero-order valence-electron chi connectivity index (χ0n) is 19.3. The number of carbonyl (C=O) groups is 1. The van der Waals surface area contributed by atoms with Gasteiger partial charge in [0.05, 0.1) is 11.3 Å². The first-order valence-corrected chi connectivity index (χ1v) is 11.2. The van der Waals surface area contributed by atoms with Crippen LogP contribution in [0.4, 0.5) is 28.0 Å². The summed E-state index contributed by atoms with van der Waals surface area (Å²) in [7, 11) is 0. The highest BCUT2D eigenvalue weighted by Gasteiger charge is 2.40. The number of amides is 2. The Morgan fingerprint density at radius 3 is 2.28 bits per heavy atom. The molecule has 2 amide bonds. The fraction of sp³-hybridized carbons (Fsp3) is 0.143. The summed E-state index contributed by atoms with van der Waals surface area (Å²) in [5, 5.41) is 5.47. The molecule has 184 valence electrons. The number of urea groups is 1. The number of pyridine rings is 1. The molecule has 1 aromatic heterocycles. The summed E-state index contributed by atoms with van der Waals surface area (Å²) >= 11 is 0. The van der Waals surface area contributed by atoms with Crippen molar-refractivity contribution in [2.24, 2.45) is 0 Å². The van der Waals surface area contributed by atoms with Crippen molar-refractivity contribution in [1.82, 2.24) is 10.3 Å². The van der Waals surface area contributed by atoms with E-state index in [1.165, 1.54) is 30.3 Å². The molecule has 2 N–H and O–H groups in total. The number of carbonyl (C=O) groups excluding carboxylic acids is 1. The number of alkyl halides is 3. The van der Waals surface area contributed by atoms with Gasteiger partial charge in [0.25, 0.3) is 0 Å². The van der Waals surface area contributed by atoms with E-state index in [2.05, 4.69) is 15.6 Å². The Morgan fingerprint density at radius 2 is 1.58 bits per heavy atom. The Hall–Kier alpha value is -4.20. The third-order valence-electron chi connectivity index (χ3n) is 5.76. The molecule has 3 aromatic carbocycles. The molecule has 0 fully saturated rings. The van der Waals surface area contributed by atoms with Crippen LogP contribution in [0.1, 0.15) is 27.9 Å². The molecule has 0 radical (unpaired) electrons. The van der Waals surface area contributed by atoms with Crippen LogP contribution in [0.15, 0.2) is 97.2 Å². The van der Waals surface area contributed by atoms with E-state index in [9.17, 15) is 22.4 Å². The molecule has 36 heavy (non-hydrogen) atoms. The van der Waals surface area contributed by atoms with Gasteiger partial charge in [0.15, 0.2) is 0 Å². The molecule has 8 heteroatoms. The second-order valence-electron chi connectivity index (χ2n) is 8.45. The van der Waals surface area contributed by atoms with Crippen molar-refractivity contribution in [2.75, 3.05) is 5.32 Å². The number of hydrogen-bond acceptors (Lipinski definition) is 2. The van der Waals surface area contributed by atoms with Crippen LogP contribution in [-0.2, 0) is 18.1 Å². The minimum Gasteiger partial charge on any atom is -0.322 e. The monoisotopic (exact) mass is 493 g/mol. The van der Waals surface area contributed by atoms with E-state index in [-0.39, 0.29) is 17.7 Å². The number of hydrogen-bond donors (Lipinski definition) is 2. The van der Waals surface area contributed by atoms with Gasteiger partial charge in [-0.15, -0.1) is 0 Å². The van der Waals surface area contributed by atoms with Gasteiger partial charge >= 0.3 is 12.2 Å². The molecule has 0 aliphatic rings. The molecule has 4 aromatic rings. The van der Waals surface area contributed by atoms with Crippen molar-refractivity contribution in [1.29, 1.82) is 0 Å². The molecular formula is C28H23F4N3O. The second kappa shape index (κ2) is 10.2. The van der Waals surface area contributed by atoms with Gasteiger partial charge in [-0.1, -0.05) is 48.5 Å². The van der Waals surface area contributed by atoms with Gasteiger partial charge in [-0.3, -0.25) is 4.98 Å². The van der Waals surface area contributed by atoms with Gasteiger partial charge in [-0.2, -0.15) is 13.2 Å². The van der Waals surface area contributed by atoms with E-state index in [1.807, 2.05) is 37.3 Å². The summed E-state index contributed by atoms with van der Waals surface area (Å²) < 4.78 is 54.7. The van der Waals surface area contributed by atoms with Crippen LogP contribution in [0.25, 0.3) is 0 Å². The van der Waals surface area contributed by atoms with Crippen LogP contribution >= 0.6 is 0 Å². The minimum absolute atomic E-state index is 0.113. The van der Waals surface area contributed by atoms with E-state index in [4.69, 9.17) is 0 Å². The molecule has 1 unspecified atom stereocenters. The fourth-order valence-electron chi connectivity index (χ4n) is 4.08. The van der Waals surface area contributed by atoms with E-state index >= 15 is 0 Å². The first kappa shape index (κ1) is 24.9. The number of anilines is 1. The number of halogens is 4. The van der Waals surface area contributed by atoms with Crippen LogP contribution in [0.2, 0.25) is 0 Å². The average Bonchev–Trinajstić information content (AvgIpc) is 2.84. The number of aryl methyl sites for hydroxylation is 1. The Morgan fingerprint density at radius 1 is 0.861 bits per heavy atom. The van der Waals surface area contributed by atoms with Crippen LogP contribution in [0, 0.1) is 12.7 Å².